The number of hydrogen-bond acceptors (Lipinski definition) is 1. The number of ketones is 1. The second-order valence-electron chi connectivity index (χ2n) is 5.17. The van der Waals surface area contributed by atoms with Crippen molar-refractivity contribution in [2.24, 2.45) is 0 Å². The van der Waals surface area contributed by atoms with E-state index in [2.05, 4.69) is 0 Å². The summed E-state index contributed by atoms with van der Waals surface area (Å²) in [5.41, 5.74) is 2.22. The largest absolute Gasteiger partial charge is 0.294 e. The number of carbonyl (C=O) groups is 1. The van der Waals surface area contributed by atoms with E-state index in [9.17, 15) is 9.18 Å². The molecule has 0 N–H and O–H groups in total. The molecule has 0 aliphatic rings. The molecular weight excluding hydrogens is 263 g/mol. The minimum absolute atomic E-state index is 0.0590. The molecule has 0 radical (unpaired) electrons. The Balaban J connectivity index is 2.03. The van der Waals surface area contributed by atoms with Crippen molar-refractivity contribution >= 4 is 16.6 Å². The normalized spacial score (nSPS) is 10.8. The van der Waals surface area contributed by atoms with E-state index in [4.69, 9.17) is 0 Å². The van der Waals surface area contributed by atoms with Gasteiger partial charge < -0.3 is 0 Å². The first-order valence-corrected chi connectivity index (χ1v) is 6.92. The minimum atomic E-state index is -0.331. The Bertz CT molecular complexity index is 821. The van der Waals surface area contributed by atoms with E-state index in [0.717, 1.165) is 16.3 Å². The van der Waals surface area contributed by atoms with Crippen LogP contribution in [0.3, 0.4) is 0 Å². The van der Waals surface area contributed by atoms with Crippen LogP contribution in [0, 0.1) is 12.7 Å². The van der Waals surface area contributed by atoms with Gasteiger partial charge in [-0.2, -0.15) is 0 Å². The van der Waals surface area contributed by atoms with E-state index in [-0.39, 0.29) is 18.0 Å². The van der Waals surface area contributed by atoms with Gasteiger partial charge in [0.25, 0.3) is 0 Å². The molecule has 1 nitrogen and oxygen atoms in total. The van der Waals surface area contributed by atoms with Crippen LogP contribution >= 0.6 is 0 Å². The fraction of sp³-hybridized carbons (Fsp3) is 0.105. The van der Waals surface area contributed by atoms with Crippen molar-refractivity contribution in [1.82, 2.24) is 0 Å². The van der Waals surface area contributed by atoms with Crippen molar-refractivity contribution in [2.75, 3.05) is 0 Å². The Hall–Kier alpha value is -2.48. The van der Waals surface area contributed by atoms with E-state index >= 15 is 0 Å². The van der Waals surface area contributed by atoms with Gasteiger partial charge in [-0.05, 0) is 34.9 Å². The van der Waals surface area contributed by atoms with E-state index < -0.39 is 0 Å². The number of carbonyl (C=O) groups excluding carboxylic acids is 1. The van der Waals surface area contributed by atoms with Gasteiger partial charge in [-0.25, -0.2) is 4.39 Å². The lowest BCUT2D eigenvalue weighted by Crippen LogP contribution is -2.06. The van der Waals surface area contributed by atoms with Crippen LogP contribution < -0.4 is 0 Å². The highest BCUT2D eigenvalue weighted by Crippen LogP contribution is 2.24. The van der Waals surface area contributed by atoms with Crippen molar-refractivity contribution in [3.63, 3.8) is 0 Å². The van der Waals surface area contributed by atoms with Crippen molar-refractivity contribution in [3.8, 4) is 0 Å². The summed E-state index contributed by atoms with van der Waals surface area (Å²) in [6.07, 6.45) is 0.0831. The van der Waals surface area contributed by atoms with Crippen LogP contribution in [0.4, 0.5) is 4.39 Å². The molecule has 0 aliphatic carbocycles. The molecule has 0 spiro atoms. The summed E-state index contributed by atoms with van der Waals surface area (Å²) in [7, 11) is 0. The maximum absolute atomic E-state index is 13.7. The average molecular weight is 278 g/mol. The molecule has 0 heterocycles. The third-order valence-electron chi connectivity index (χ3n) is 3.75. The van der Waals surface area contributed by atoms with Crippen LogP contribution in [0.1, 0.15) is 21.5 Å². The summed E-state index contributed by atoms with van der Waals surface area (Å²) in [6, 6.07) is 18.0. The topological polar surface area (TPSA) is 17.1 Å². The Labute approximate surface area is 123 Å². The van der Waals surface area contributed by atoms with E-state index in [1.807, 2.05) is 43.3 Å². The summed E-state index contributed by atoms with van der Waals surface area (Å²) < 4.78 is 13.7. The number of halogens is 1. The van der Waals surface area contributed by atoms with Crippen LogP contribution in [0.25, 0.3) is 10.8 Å². The maximum atomic E-state index is 13.7. The van der Waals surface area contributed by atoms with Crippen molar-refractivity contribution in [3.05, 3.63) is 83.2 Å². The number of aryl methyl sites for hydroxylation is 1. The van der Waals surface area contributed by atoms with Gasteiger partial charge in [0.15, 0.2) is 5.78 Å². The predicted octanol–water partition coefficient (Wildman–Crippen LogP) is 4.71. The first kappa shape index (κ1) is 13.5. The fourth-order valence-electron chi connectivity index (χ4n) is 2.60. The van der Waals surface area contributed by atoms with Crippen LogP contribution in [-0.4, -0.2) is 5.78 Å². The molecule has 3 aromatic rings. The summed E-state index contributed by atoms with van der Waals surface area (Å²) in [6.45, 7) is 2.02. The highest BCUT2D eigenvalue weighted by Gasteiger charge is 2.13. The molecule has 3 aromatic carbocycles. The van der Waals surface area contributed by atoms with Gasteiger partial charge in [-0.3, -0.25) is 4.79 Å². The van der Waals surface area contributed by atoms with Crippen LogP contribution in [0.15, 0.2) is 60.7 Å². The molecule has 0 aliphatic heterocycles. The highest BCUT2D eigenvalue weighted by atomic mass is 19.1. The lowest BCUT2D eigenvalue weighted by Gasteiger charge is -2.08. The second-order valence-corrected chi connectivity index (χ2v) is 5.17. The number of Topliss-reactive ketones (excluding diaryl/α,β-unsaturated/α-hetero) is 1. The van der Waals surface area contributed by atoms with Crippen LogP contribution in [0.5, 0.6) is 0 Å². The summed E-state index contributed by atoms with van der Waals surface area (Å²) in [5, 5.41) is 2.00. The molecule has 0 unspecified atom stereocenters. The van der Waals surface area contributed by atoms with E-state index in [1.54, 1.807) is 18.2 Å². The van der Waals surface area contributed by atoms with Gasteiger partial charge in [0.1, 0.15) is 5.82 Å². The van der Waals surface area contributed by atoms with E-state index in [1.165, 1.54) is 6.07 Å². The zero-order valence-electron chi connectivity index (χ0n) is 11.8. The third kappa shape index (κ3) is 2.57. The monoisotopic (exact) mass is 278 g/mol. The molecule has 0 saturated heterocycles. The highest BCUT2D eigenvalue weighted by molar-refractivity contribution is 6.09. The number of rotatable bonds is 3. The van der Waals surface area contributed by atoms with Crippen LogP contribution in [0.2, 0.25) is 0 Å². The summed E-state index contributed by atoms with van der Waals surface area (Å²) in [4.78, 5) is 12.5. The smallest absolute Gasteiger partial charge is 0.167 e. The molecule has 0 fully saturated rings. The lowest BCUT2D eigenvalue weighted by molar-refractivity contribution is 0.0993. The molecule has 3 rings (SSSR count). The van der Waals surface area contributed by atoms with Crippen molar-refractivity contribution in [1.29, 1.82) is 0 Å². The zero-order chi connectivity index (χ0) is 14.8. The molecule has 0 saturated carbocycles. The molecule has 2 heteroatoms. The quantitative estimate of drug-likeness (QED) is 0.634. The first-order chi connectivity index (χ1) is 10.2. The Morgan fingerprint density at radius 2 is 1.57 bits per heavy atom. The molecular formula is C19H15FO. The Morgan fingerprint density at radius 3 is 2.33 bits per heavy atom. The van der Waals surface area contributed by atoms with Gasteiger partial charge in [-0.1, -0.05) is 54.6 Å². The Kier molecular flexibility index (Phi) is 3.53. The summed E-state index contributed by atoms with van der Waals surface area (Å²) in [5.74, 6) is -0.390. The number of fused-ring (bicyclic) bond motifs is 1. The molecule has 0 bridgehead atoms. The van der Waals surface area contributed by atoms with Crippen LogP contribution in [-0.2, 0) is 6.42 Å². The maximum Gasteiger partial charge on any atom is 0.167 e. The fourth-order valence-corrected chi connectivity index (χ4v) is 2.60. The number of hydrogen-bond donors (Lipinski definition) is 0. The zero-order valence-corrected chi connectivity index (χ0v) is 11.8. The first-order valence-electron chi connectivity index (χ1n) is 6.92. The second kappa shape index (κ2) is 5.49. The van der Waals surface area contributed by atoms with Gasteiger partial charge in [0, 0.05) is 12.0 Å². The molecule has 0 atom stereocenters. The van der Waals surface area contributed by atoms with Gasteiger partial charge >= 0.3 is 0 Å². The standard InChI is InChI=1S/C19H15FO/c1-13-10-11-17(16-8-4-3-7-15(13)16)19(21)12-14-6-2-5-9-18(14)20/h2-11H,12H2,1H3. The molecule has 0 aromatic heterocycles. The molecule has 0 amide bonds. The summed E-state index contributed by atoms with van der Waals surface area (Å²) >= 11 is 0. The van der Waals surface area contributed by atoms with E-state index in [0.29, 0.717) is 11.1 Å². The SMILES string of the molecule is Cc1ccc(C(=O)Cc2ccccc2F)c2ccccc12. The van der Waals surface area contributed by atoms with Gasteiger partial charge in [0.2, 0.25) is 0 Å². The predicted molar refractivity (Wildman–Crippen MR) is 83.1 cm³/mol. The van der Waals surface area contributed by atoms with Crippen molar-refractivity contribution in [2.45, 2.75) is 13.3 Å². The van der Waals surface area contributed by atoms with Gasteiger partial charge in [-0.15, -0.1) is 0 Å². The Morgan fingerprint density at radius 1 is 0.905 bits per heavy atom. The van der Waals surface area contributed by atoms with Gasteiger partial charge in [0.05, 0.1) is 0 Å². The average Bonchev–Trinajstić information content (AvgIpc) is 2.50. The third-order valence-corrected chi connectivity index (χ3v) is 3.75. The minimum Gasteiger partial charge on any atom is -0.294 e. The molecule has 104 valence electrons. The van der Waals surface area contributed by atoms with Crippen molar-refractivity contribution < 1.29 is 9.18 Å². The lowest BCUT2D eigenvalue weighted by atomic mass is 9.95. The number of benzene rings is 3. The molecule has 21 heavy (non-hydrogen) atoms.